The minimum atomic E-state index is 0.619. The second-order valence-electron chi connectivity index (χ2n) is 4.51. The molecule has 0 saturated carbocycles. The fraction of sp³-hybridized carbons (Fsp3) is 0.375. The van der Waals surface area contributed by atoms with Crippen molar-refractivity contribution in [3.63, 3.8) is 0 Å². The van der Waals surface area contributed by atoms with Crippen molar-refractivity contribution in [3.8, 4) is 11.5 Å². The molecule has 0 amide bonds. The molecule has 1 aromatic carbocycles. The number of methoxy groups -OCH3 is 1. The van der Waals surface area contributed by atoms with Crippen LogP contribution in [0.1, 0.15) is 22.2 Å². The van der Waals surface area contributed by atoms with E-state index in [2.05, 4.69) is 24.4 Å². The summed E-state index contributed by atoms with van der Waals surface area (Å²) in [5.74, 6) is 1.76. The van der Waals surface area contributed by atoms with Crippen LogP contribution >= 0.6 is 11.3 Å². The number of thiophene rings is 1. The van der Waals surface area contributed by atoms with Gasteiger partial charge in [-0.2, -0.15) is 0 Å². The van der Waals surface area contributed by atoms with Crippen LogP contribution in [-0.4, -0.2) is 14.2 Å². The molecule has 0 saturated heterocycles. The molecule has 0 radical (unpaired) electrons. The maximum atomic E-state index is 5.95. The minimum absolute atomic E-state index is 0.619. The van der Waals surface area contributed by atoms with Gasteiger partial charge in [-0.1, -0.05) is 6.92 Å². The Morgan fingerprint density at radius 3 is 2.60 bits per heavy atom. The summed E-state index contributed by atoms with van der Waals surface area (Å²) in [7, 11) is 3.60. The van der Waals surface area contributed by atoms with Crippen LogP contribution in [0.15, 0.2) is 30.3 Å². The van der Waals surface area contributed by atoms with Gasteiger partial charge in [-0.25, -0.2) is 0 Å². The highest BCUT2D eigenvalue weighted by molar-refractivity contribution is 7.11. The van der Waals surface area contributed by atoms with Crippen LogP contribution in [0, 0.1) is 0 Å². The summed E-state index contributed by atoms with van der Waals surface area (Å²) < 4.78 is 11.2. The molecular weight excluding hydrogens is 270 g/mol. The molecule has 0 unspecified atom stereocenters. The van der Waals surface area contributed by atoms with Crippen molar-refractivity contribution >= 4 is 11.3 Å². The zero-order valence-electron chi connectivity index (χ0n) is 12.2. The molecule has 1 N–H and O–H groups in total. The fourth-order valence-electron chi connectivity index (χ4n) is 1.99. The van der Waals surface area contributed by atoms with E-state index >= 15 is 0 Å². The second-order valence-corrected chi connectivity index (χ2v) is 5.77. The number of aryl methyl sites for hydroxylation is 1. The van der Waals surface area contributed by atoms with Crippen molar-refractivity contribution in [2.75, 3.05) is 14.2 Å². The van der Waals surface area contributed by atoms with Crippen LogP contribution in [0.5, 0.6) is 11.5 Å². The van der Waals surface area contributed by atoms with Crippen molar-refractivity contribution in [1.82, 2.24) is 5.32 Å². The Morgan fingerprint density at radius 1 is 1.15 bits per heavy atom. The molecule has 2 rings (SSSR count). The van der Waals surface area contributed by atoms with E-state index in [1.165, 1.54) is 9.75 Å². The molecule has 0 bridgehead atoms. The molecule has 0 aliphatic rings. The Bertz CT molecular complexity index is 551. The van der Waals surface area contributed by atoms with Gasteiger partial charge in [0.15, 0.2) is 0 Å². The van der Waals surface area contributed by atoms with Crippen LogP contribution in [0.3, 0.4) is 0 Å². The van der Waals surface area contributed by atoms with Gasteiger partial charge in [-0.05, 0) is 43.8 Å². The van der Waals surface area contributed by atoms with Crippen LogP contribution in [0.25, 0.3) is 0 Å². The Labute approximate surface area is 124 Å². The van der Waals surface area contributed by atoms with Crippen molar-refractivity contribution in [2.24, 2.45) is 0 Å². The number of rotatable bonds is 7. The highest BCUT2D eigenvalue weighted by Gasteiger charge is 2.06. The molecule has 0 fully saturated rings. The molecule has 108 valence electrons. The van der Waals surface area contributed by atoms with Gasteiger partial charge in [0, 0.05) is 21.9 Å². The molecule has 0 spiro atoms. The first-order valence-electron chi connectivity index (χ1n) is 6.78. The highest BCUT2D eigenvalue weighted by atomic mass is 32.1. The van der Waals surface area contributed by atoms with E-state index in [-0.39, 0.29) is 0 Å². The van der Waals surface area contributed by atoms with Crippen molar-refractivity contribution in [2.45, 2.75) is 26.5 Å². The van der Waals surface area contributed by atoms with Crippen LogP contribution in [0.4, 0.5) is 0 Å². The van der Waals surface area contributed by atoms with E-state index in [1.54, 1.807) is 7.11 Å². The summed E-state index contributed by atoms with van der Waals surface area (Å²) in [6.07, 6.45) is 1.08. The van der Waals surface area contributed by atoms with Gasteiger partial charge >= 0.3 is 0 Å². The molecule has 20 heavy (non-hydrogen) atoms. The summed E-state index contributed by atoms with van der Waals surface area (Å²) in [4.78, 5) is 2.65. The number of nitrogens with one attached hydrogen (secondary N) is 1. The lowest BCUT2D eigenvalue weighted by molar-refractivity contribution is 0.305. The third-order valence-electron chi connectivity index (χ3n) is 3.07. The third-order valence-corrected chi connectivity index (χ3v) is 4.27. The van der Waals surface area contributed by atoms with Gasteiger partial charge in [-0.3, -0.25) is 0 Å². The van der Waals surface area contributed by atoms with E-state index in [1.807, 2.05) is 36.6 Å². The molecule has 2 aromatic rings. The fourth-order valence-corrected chi connectivity index (χ4v) is 2.86. The SMILES string of the molecule is CCc1ccc(COc2ccc(OC)cc2CNC)s1. The number of benzene rings is 1. The summed E-state index contributed by atoms with van der Waals surface area (Å²) in [5.41, 5.74) is 1.11. The van der Waals surface area contributed by atoms with Gasteiger partial charge in [0.2, 0.25) is 0 Å². The molecule has 4 heteroatoms. The van der Waals surface area contributed by atoms with E-state index in [4.69, 9.17) is 9.47 Å². The molecule has 1 aromatic heterocycles. The second kappa shape index (κ2) is 7.31. The molecular formula is C16H21NO2S. The first-order chi connectivity index (χ1) is 9.76. The van der Waals surface area contributed by atoms with Crippen molar-refractivity contribution < 1.29 is 9.47 Å². The summed E-state index contributed by atoms with van der Waals surface area (Å²) in [6, 6.07) is 10.2. The van der Waals surface area contributed by atoms with Gasteiger partial charge < -0.3 is 14.8 Å². The predicted octanol–water partition coefficient (Wildman–Crippen LogP) is 3.62. The summed E-state index contributed by atoms with van der Waals surface area (Å²) >= 11 is 1.81. The number of hydrogen-bond acceptors (Lipinski definition) is 4. The lowest BCUT2D eigenvalue weighted by atomic mass is 10.2. The van der Waals surface area contributed by atoms with Gasteiger partial charge in [0.1, 0.15) is 18.1 Å². The van der Waals surface area contributed by atoms with Gasteiger partial charge in [-0.15, -0.1) is 11.3 Å². The van der Waals surface area contributed by atoms with E-state index < -0.39 is 0 Å². The first-order valence-corrected chi connectivity index (χ1v) is 7.60. The molecule has 1 heterocycles. The van der Waals surface area contributed by atoms with Crippen molar-refractivity contribution in [3.05, 3.63) is 45.6 Å². The maximum absolute atomic E-state index is 5.95. The standard InChI is InChI=1S/C16H21NO2S/c1-4-14-6-7-15(20-14)11-19-16-8-5-13(18-3)9-12(16)10-17-2/h5-9,17H,4,10-11H2,1-3H3. The molecule has 0 aliphatic heterocycles. The van der Waals surface area contributed by atoms with E-state index in [0.717, 1.165) is 30.0 Å². The van der Waals surface area contributed by atoms with Crippen LogP contribution in [0.2, 0.25) is 0 Å². The Balaban J connectivity index is 2.07. The smallest absolute Gasteiger partial charge is 0.124 e. The average Bonchev–Trinajstić information content (AvgIpc) is 2.94. The van der Waals surface area contributed by atoms with Crippen LogP contribution < -0.4 is 14.8 Å². The third kappa shape index (κ3) is 3.74. The zero-order chi connectivity index (χ0) is 14.4. The molecule has 0 aliphatic carbocycles. The topological polar surface area (TPSA) is 30.5 Å². The summed E-state index contributed by atoms with van der Waals surface area (Å²) in [6.45, 7) is 3.55. The zero-order valence-corrected chi connectivity index (χ0v) is 13.0. The first kappa shape index (κ1) is 14.9. The maximum Gasteiger partial charge on any atom is 0.124 e. The lowest BCUT2D eigenvalue weighted by Gasteiger charge is -2.12. The minimum Gasteiger partial charge on any atom is -0.497 e. The van der Waals surface area contributed by atoms with Gasteiger partial charge in [0.05, 0.1) is 7.11 Å². The Kier molecular flexibility index (Phi) is 5.44. The monoisotopic (exact) mass is 291 g/mol. The van der Waals surface area contributed by atoms with Crippen molar-refractivity contribution in [1.29, 1.82) is 0 Å². The average molecular weight is 291 g/mol. The predicted molar refractivity (Wildman–Crippen MR) is 83.8 cm³/mol. The van der Waals surface area contributed by atoms with E-state index in [0.29, 0.717) is 6.61 Å². The number of ether oxygens (including phenoxy) is 2. The largest absolute Gasteiger partial charge is 0.497 e. The lowest BCUT2D eigenvalue weighted by Crippen LogP contribution is -2.07. The van der Waals surface area contributed by atoms with Crippen LogP contribution in [-0.2, 0) is 19.6 Å². The number of hydrogen-bond donors (Lipinski definition) is 1. The molecule has 3 nitrogen and oxygen atoms in total. The quantitative estimate of drug-likeness (QED) is 0.845. The van der Waals surface area contributed by atoms with Gasteiger partial charge in [0.25, 0.3) is 0 Å². The van der Waals surface area contributed by atoms with E-state index in [9.17, 15) is 0 Å². The molecule has 0 atom stereocenters. The highest BCUT2D eigenvalue weighted by Crippen LogP contribution is 2.26. The summed E-state index contributed by atoms with van der Waals surface area (Å²) in [5, 5.41) is 3.15. The Morgan fingerprint density at radius 2 is 1.95 bits per heavy atom. The Hall–Kier alpha value is -1.52. The normalized spacial score (nSPS) is 10.6.